The molecule has 21 heavy (non-hydrogen) atoms. The monoisotopic (exact) mass is 283 g/mol. The van der Waals surface area contributed by atoms with Crippen LogP contribution in [-0.4, -0.2) is 15.9 Å². The van der Waals surface area contributed by atoms with Gasteiger partial charge in [-0.25, -0.2) is 0 Å². The lowest BCUT2D eigenvalue weighted by molar-refractivity contribution is -0.385. The number of hydrogen-bond acceptors (Lipinski definition) is 5. The number of benzene rings is 2. The number of nitro groups is 1. The van der Waals surface area contributed by atoms with Crippen LogP contribution in [0, 0.1) is 21.4 Å². The number of carbonyl (C=O) groups is 1. The van der Waals surface area contributed by atoms with Gasteiger partial charge in [0.25, 0.3) is 5.91 Å². The smallest absolute Gasteiger partial charge is 0.310 e. The zero-order valence-corrected chi connectivity index (χ0v) is 10.6. The fourth-order valence-electron chi connectivity index (χ4n) is 1.70. The van der Waals surface area contributed by atoms with E-state index in [1.54, 1.807) is 24.3 Å². The quantitative estimate of drug-likeness (QED) is 0.662. The molecule has 0 spiro atoms. The highest BCUT2D eigenvalue weighted by Gasteiger charge is 2.16. The normalized spacial score (nSPS) is 9.67. The van der Waals surface area contributed by atoms with E-state index in [4.69, 9.17) is 5.26 Å². The Labute approximate surface area is 119 Å². The molecule has 0 saturated carbocycles. The number of anilines is 1. The van der Waals surface area contributed by atoms with E-state index in [1.807, 2.05) is 6.07 Å². The Morgan fingerprint density at radius 2 is 2.00 bits per heavy atom. The fraction of sp³-hybridized carbons (Fsp3) is 0. The van der Waals surface area contributed by atoms with Crippen molar-refractivity contribution in [2.45, 2.75) is 0 Å². The summed E-state index contributed by atoms with van der Waals surface area (Å²) in [5.74, 6) is -1.18. The highest BCUT2D eigenvalue weighted by molar-refractivity contribution is 6.05. The van der Waals surface area contributed by atoms with Crippen molar-refractivity contribution in [1.29, 1.82) is 5.26 Å². The van der Waals surface area contributed by atoms with Gasteiger partial charge in [-0.2, -0.15) is 5.26 Å². The van der Waals surface area contributed by atoms with E-state index in [1.165, 1.54) is 6.07 Å². The average molecular weight is 283 g/mol. The van der Waals surface area contributed by atoms with Gasteiger partial charge in [-0.1, -0.05) is 12.1 Å². The van der Waals surface area contributed by atoms with Crippen molar-refractivity contribution in [3.05, 3.63) is 63.7 Å². The predicted molar refractivity (Wildman–Crippen MR) is 73.9 cm³/mol. The molecule has 1 amide bonds. The molecule has 7 nitrogen and oxygen atoms in total. The molecular formula is C14H9N3O4. The summed E-state index contributed by atoms with van der Waals surface area (Å²) < 4.78 is 0. The number of rotatable bonds is 3. The van der Waals surface area contributed by atoms with Crippen LogP contribution in [0.15, 0.2) is 42.5 Å². The maximum Gasteiger partial charge on any atom is 0.310 e. The van der Waals surface area contributed by atoms with Crippen molar-refractivity contribution in [2.24, 2.45) is 0 Å². The number of phenolic OH excluding ortho intramolecular Hbond substituents is 1. The molecule has 0 radical (unpaired) electrons. The molecule has 0 aliphatic heterocycles. The summed E-state index contributed by atoms with van der Waals surface area (Å²) in [5.41, 5.74) is 0.176. The predicted octanol–water partition coefficient (Wildman–Crippen LogP) is 2.42. The molecule has 0 saturated heterocycles. The average Bonchev–Trinajstić information content (AvgIpc) is 2.47. The van der Waals surface area contributed by atoms with Crippen LogP contribution in [0.2, 0.25) is 0 Å². The lowest BCUT2D eigenvalue weighted by Gasteiger charge is -2.07. The zero-order valence-electron chi connectivity index (χ0n) is 10.6. The first-order valence-electron chi connectivity index (χ1n) is 5.81. The third-order valence-corrected chi connectivity index (χ3v) is 2.73. The van der Waals surface area contributed by atoms with Gasteiger partial charge in [0.1, 0.15) is 6.07 Å². The van der Waals surface area contributed by atoms with Crippen LogP contribution < -0.4 is 5.32 Å². The Bertz CT molecular complexity index is 765. The van der Waals surface area contributed by atoms with Crippen LogP contribution in [0.3, 0.4) is 0 Å². The SMILES string of the molecule is N#Cc1ccccc1NC(=O)c1ccc([N+](=O)[O-])c(O)c1. The second-order valence-electron chi connectivity index (χ2n) is 4.07. The van der Waals surface area contributed by atoms with Gasteiger partial charge in [0.15, 0.2) is 5.75 Å². The molecule has 2 aromatic rings. The van der Waals surface area contributed by atoms with Gasteiger partial charge in [-0.3, -0.25) is 14.9 Å². The number of para-hydroxylation sites is 1. The Kier molecular flexibility index (Phi) is 3.81. The minimum atomic E-state index is -0.748. The molecule has 2 aromatic carbocycles. The molecule has 0 aromatic heterocycles. The van der Waals surface area contributed by atoms with Crippen molar-refractivity contribution in [2.75, 3.05) is 5.32 Å². The third-order valence-electron chi connectivity index (χ3n) is 2.73. The largest absolute Gasteiger partial charge is 0.502 e. The summed E-state index contributed by atoms with van der Waals surface area (Å²) >= 11 is 0. The number of nitro benzene ring substituents is 1. The summed E-state index contributed by atoms with van der Waals surface area (Å²) in [5, 5.41) is 31.5. The van der Waals surface area contributed by atoms with Crippen molar-refractivity contribution in [3.8, 4) is 11.8 Å². The fourth-order valence-corrected chi connectivity index (χ4v) is 1.70. The molecule has 7 heteroatoms. The maximum absolute atomic E-state index is 12.0. The standard InChI is InChI=1S/C14H9N3O4/c15-8-10-3-1-2-4-11(10)16-14(19)9-5-6-12(17(20)21)13(18)7-9/h1-7,18H,(H,16,19). The van der Waals surface area contributed by atoms with E-state index in [0.29, 0.717) is 5.69 Å². The number of aromatic hydroxyl groups is 1. The van der Waals surface area contributed by atoms with E-state index in [0.717, 1.165) is 12.1 Å². The Morgan fingerprint density at radius 1 is 1.29 bits per heavy atom. The highest BCUT2D eigenvalue weighted by atomic mass is 16.6. The summed E-state index contributed by atoms with van der Waals surface area (Å²) in [6.07, 6.45) is 0. The number of phenols is 1. The number of carbonyl (C=O) groups excluding carboxylic acids is 1. The van der Waals surface area contributed by atoms with Crippen LogP contribution in [0.5, 0.6) is 5.75 Å². The number of hydrogen-bond donors (Lipinski definition) is 2. The molecule has 2 N–H and O–H groups in total. The van der Waals surface area contributed by atoms with E-state index in [9.17, 15) is 20.0 Å². The van der Waals surface area contributed by atoms with Gasteiger partial charge < -0.3 is 10.4 Å². The Balaban J connectivity index is 2.27. The molecule has 104 valence electrons. The Morgan fingerprint density at radius 3 is 2.62 bits per heavy atom. The summed E-state index contributed by atoms with van der Waals surface area (Å²) in [6, 6.07) is 11.6. The molecule has 0 atom stereocenters. The van der Waals surface area contributed by atoms with E-state index in [-0.39, 0.29) is 11.1 Å². The highest BCUT2D eigenvalue weighted by Crippen LogP contribution is 2.26. The van der Waals surface area contributed by atoms with Crippen LogP contribution in [-0.2, 0) is 0 Å². The molecule has 0 fully saturated rings. The number of nitriles is 1. The van der Waals surface area contributed by atoms with Crippen LogP contribution >= 0.6 is 0 Å². The van der Waals surface area contributed by atoms with E-state index >= 15 is 0 Å². The second-order valence-corrected chi connectivity index (χ2v) is 4.07. The first-order chi connectivity index (χ1) is 10.0. The lowest BCUT2D eigenvalue weighted by Crippen LogP contribution is -2.12. The minimum absolute atomic E-state index is 0.0471. The van der Waals surface area contributed by atoms with Crippen molar-refractivity contribution < 1.29 is 14.8 Å². The van der Waals surface area contributed by atoms with Gasteiger partial charge in [0, 0.05) is 11.6 Å². The van der Waals surface area contributed by atoms with Gasteiger partial charge in [-0.15, -0.1) is 0 Å². The van der Waals surface area contributed by atoms with E-state index in [2.05, 4.69) is 5.32 Å². The number of nitrogens with one attached hydrogen (secondary N) is 1. The number of amides is 1. The summed E-state index contributed by atoms with van der Waals surface area (Å²) in [6.45, 7) is 0. The molecule has 0 heterocycles. The van der Waals surface area contributed by atoms with Crippen LogP contribution in [0.4, 0.5) is 11.4 Å². The topological polar surface area (TPSA) is 116 Å². The minimum Gasteiger partial charge on any atom is -0.502 e. The molecule has 0 unspecified atom stereocenters. The first kappa shape index (κ1) is 14.0. The van der Waals surface area contributed by atoms with Gasteiger partial charge in [0.05, 0.1) is 16.2 Å². The van der Waals surface area contributed by atoms with Crippen molar-refractivity contribution >= 4 is 17.3 Å². The molecular weight excluding hydrogens is 274 g/mol. The maximum atomic E-state index is 12.0. The van der Waals surface area contributed by atoms with Crippen molar-refractivity contribution in [1.82, 2.24) is 0 Å². The van der Waals surface area contributed by atoms with Gasteiger partial charge in [0.2, 0.25) is 0 Å². The molecule has 0 aliphatic carbocycles. The van der Waals surface area contributed by atoms with E-state index < -0.39 is 22.3 Å². The second kappa shape index (κ2) is 5.71. The lowest BCUT2D eigenvalue weighted by atomic mass is 10.1. The zero-order chi connectivity index (χ0) is 15.4. The number of nitrogens with zero attached hydrogens (tertiary/aromatic N) is 2. The van der Waals surface area contributed by atoms with Gasteiger partial charge in [-0.05, 0) is 24.3 Å². The molecule has 0 aliphatic rings. The van der Waals surface area contributed by atoms with Crippen LogP contribution in [0.25, 0.3) is 0 Å². The Hall–Kier alpha value is -3.40. The molecule has 2 rings (SSSR count). The first-order valence-corrected chi connectivity index (χ1v) is 5.81. The third kappa shape index (κ3) is 2.96. The molecule has 0 bridgehead atoms. The van der Waals surface area contributed by atoms with Crippen LogP contribution in [0.1, 0.15) is 15.9 Å². The summed E-state index contributed by atoms with van der Waals surface area (Å²) in [4.78, 5) is 21.9. The van der Waals surface area contributed by atoms with Gasteiger partial charge >= 0.3 is 5.69 Å². The van der Waals surface area contributed by atoms with Crippen molar-refractivity contribution in [3.63, 3.8) is 0 Å². The summed E-state index contributed by atoms with van der Waals surface area (Å²) in [7, 11) is 0.